The maximum absolute atomic E-state index is 12.0. The number of ether oxygens (including phenoxy) is 1. The van der Waals surface area contributed by atoms with Gasteiger partial charge in [0.2, 0.25) is 0 Å². The molecule has 0 atom stereocenters. The monoisotopic (exact) mass is 329 g/mol. The molecule has 0 aliphatic carbocycles. The molecular weight excluding hydrogens is 310 g/mol. The molecule has 3 amide bonds. The molecule has 0 fully saturated rings. The van der Waals surface area contributed by atoms with Crippen molar-refractivity contribution in [2.24, 2.45) is 5.73 Å². The van der Waals surface area contributed by atoms with Crippen molar-refractivity contribution in [3.05, 3.63) is 54.1 Å². The summed E-state index contributed by atoms with van der Waals surface area (Å²) in [6.45, 7) is 0.00685. The fraction of sp³-hybridized carbons (Fsp3) is 0.176. The highest BCUT2D eigenvalue weighted by atomic mass is 16.5. The van der Waals surface area contributed by atoms with Crippen LogP contribution in [0, 0.1) is 0 Å². The zero-order valence-electron chi connectivity index (χ0n) is 13.2. The summed E-state index contributed by atoms with van der Waals surface area (Å²) in [4.78, 5) is 22.7. The van der Waals surface area contributed by atoms with Crippen LogP contribution in [0.3, 0.4) is 0 Å². The van der Waals surface area contributed by atoms with Crippen molar-refractivity contribution in [1.82, 2.24) is 10.4 Å². The largest absolute Gasteiger partial charge is 0.496 e. The molecular formula is C17H19N3O4. The third kappa shape index (κ3) is 4.23. The molecule has 0 bridgehead atoms. The van der Waals surface area contributed by atoms with Crippen LogP contribution in [0.2, 0.25) is 0 Å². The number of hydroxylamine groups is 2. The van der Waals surface area contributed by atoms with Gasteiger partial charge in [0, 0.05) is 17.7 Å². The van der Waals surface area contributed by atoms with Gasteiger partial charge >= 0.3 is 6.03 Å². The minimum absolute atomic E-state index is 0.0830. The topological polar surface area (TPSA) is 105 Å². The molecule has 24 heavy (non-hydrogen) atoms. The van der Waals surface area contributed by atoms with Crippen LogP contribution < -0.4 is 15.8 Å². The first kappa shape index (κ1) is 17.3. The number of primary amides is 1. The first-order valence-electron chi connectivity index (χ1n) is 7.30. The Morgan fingerprint density at radius 1 is 1.17 bits per heavy atom. The highest BCUT2D eigenvalue weighted by molar-refractivity contribution is 5.94. The van der Waals surface area contributed by atoms with Crippen LogP contribution in [0.1, 0.15) is 10.4 Å². The summed E-state index contributed by atoms with van der Waals surface area (Å²) < 4.78 is 5.33. The lowest BCUT2D eigenvalue weighted by molar-refractivity contribution is -0.0376. The molecule has 0 unspecified atom stereocenters. The third-order valence-electron chi connectivity index (χ3n) is 3.43. The number of nitrogens with zero attached hydrogens (tertiary/aromatic N) is 1. The number of carbonyl (C=O) groups excluding carboxylic acids is 2. The number of rotatable bonds is 6. The molecule has 0 aromatic heterocycles. The van der Waals surface area contributed by atoms with E-state index < -0.39 is 6.03 Å². The van der Waals surface area contributed by atoms with Crippen LogP contribution in [0.4, 0.5) is 4.79 Å². The highest BCUT2D eigenvalue weighted by Gasteiger charge is 2.09. The Morgan fingerprint density at radius 2 is 1.83 bits per heavy atom. The summed E-state index contributed by atoms with van der Waals surface area (Å²) >= 11 is 0. The molecule has 126 valence electrons. The van der Waals surface area contributed by atoms with Crippen molar-refractivity contribution in [2.45, 2.75) is 0 Å². The van der Waals surface area contributed by atoms with Crippen molar-refractivity contribution in [2.75, 3.05) is 20.2 Å². The Kier molecular flexibility index (Phi) is 5.75. The zero-order chi connectivity index (χ0) is 17.5. The molecule has 2 rings (SSSR count). The van der Waals surface area contributed by atoms with Gasteiger partial charge in [0.1, 0.15) is 5.75 Å². The Hall–Kier alpha value is -3.06. The highest BCUT2D eigenvalue weighted by Crippen LogP contribution is 2.29. The van der Waals surface area contributed by atoms with Gasteiger partial charge in [-0.25, -0.2) is 9.86 Å². The summed E-state index contributed by atoms with van der Waals surface area (Å²) in [5.41, 5.74) is 7.21. The molecule has 0 aliphatic rings. The van der Waals surface area contributed by atoms with E-state index in [9.17, 15) is 9.59 Å². The normalized spacial score (nSPS) is 10.1. The van der Waals surface area contributed by atoms with E-state index in [-0.39, 0.29) is 19.0 Å². The smallest absolute Gasteiger partial charge is 0.338 e. The number of nitrogens with two attached hydrogens (primary N) is 1. The van der Waals surface area contributed by atoms with Crippen LogP contribution in [-0.4, -0.2) is 42.4 Å². The molecule has 0 heterocycles. The van der Waals surface area contributed by atoms with Crippen molar-refractivity contribution in [3.8, 4) is 16.9 Å². The van der Waals surface area contributed by atoms with Crippen LogP contribution in [0.25, 0.3) is 11.1 Å². The number of nitrogens with one attached hydrogen (secondary N) is 1. The molecule has 0 radical (unpaired) electrons. The van der Waals surface area contributed by atoms with Crippen molar-refractivity contribution >= 4 is 11.9 Å². The fourth-order valence-corrected chi connectivity index (χ4v) is 2.17. The van der Waals surface area contributed by atoms with E-state index in [1.807, 2.05) is 36.4 Å². The standard InChI is InChI=1S/C17H19N3O4/c1-24-15-5-3-2-4-14(15)12-6-8-13(9-7-12)16(21)19-10-11-20(23)17(18)22/h2-9,23H,10-11H2,1H3,(H2,18,22)(H,19,21). The molecule has 7 nitrogen and oxygen atoms in total. The molecule has 0 aliphatic heterocycles. The van der Waals surface area contributed by atoms with Crippen LogP contribution >= 0.6 is 0 Å². The molecule has 2 aromatic carbocycles. The fourth-order valence-electron chi connectivity index (χ4n) is 2.17. The van der Waals surface area contributed by atoms with E-state index in [1.54, 1.807) is 19.2 Å². The quantitative estimate of drug-likeness (QED) is 0.555. The average Bonchev–Trinajstić information content (AvgIpc) is 2.61. The summed E-state index contributed by atoms with van der Waals surface area (Å²) in [5, 5.41) is 12.0. The van der Waals surface area contributed by atoms with Crippen molar-refractivity contribution < 1.29 is 19.5 Å². The summed E-state index contributed by atoms with van der Waals surface area (Å²) in [6.07, 6.45) is 0. The molecule has 0 saturated carbocycles. The van der Waals surface area contributed by atoms with Gasteiger partial charge < -0.3 is 15.8 Å². The maximum atomic E-state index is 12.0. The first-order chi connectivity index (χ1) is 11.5. The van der Waals surface area contributed by atoms with E-state index in [1.165, 1.54) is 0 Å². The second-order valence-electron chi connectivity index (χ2n) is 4.99. The van der Waals surface area contributed by atoms with Gasteiger partial charge in [-0.1, -0.05) is 30.3 Å². The first-order valence-corrected chi connectivity index (χ1v) is 7.30. The molecule has 7 heteroatoms. The second kappa shape index (κ2) is 7.98. The van der Waals surface area contributed by atoms with Crippen LogP contribution in [0.15, 0.2) is 48.5 Å². The molecule has 4 N–H and O–H groups in total. The van der Waals surface area contributed by atoms with Gasteiger partial charge in [-0.05, 0) is 23.8 Å². The lowest BCUT2D eigenvalue weighted by Gasteiger charge is -2.12. The van der Waals surface area contributed by atoms with E-state index in [0.717, 1.165) is 16.9 Å². The summed E-state index contributed by atoms with van der Waals surface area (Å²) in [5.74, 6) is 0.448. The van der Waals surface area contributed by atoms with Gasteiger partial charge in [-0.2, -0.15) is 0 Å². The van der Waals surface area contributed by atoms with Gasteiger partial charge in [0.05, 0.1) is 13.7 Å². The minimum Gasteiger partial charge on any atom is -0.496 e. The Bertz CT molecular complexity index is 716. The number of carbonyl (C=O) groups is 2. The number of methoxy groups -OCH3 is 1. The Morgan fingerprint density at radius 3 is 2.46 bits per heavy atom. The van der Waals surface area contributed by atoms with E-state index >= 15 is 0 Å². The summed E-state index contributed by atoms with van der Waals surface area (Å²) in [7, 11) is 1.61. The average molecular weight is 329 g/mol. The number of amides is 3. The predicted octanol–water partition coefficient (Wildman–Crippen LogP) is 1.86. The van der Waals surface area contributed by atoms with Crippen molar-refractivity contribution in [3.63, 3.8) is 0 Å². The lowest BCUT2D eigenvalue weighted by atomic mass is 10.0. The predicted molar refractivity (Wildman–Crippen MR) is 88.8 cm³/mol. The third-order valence-corrected chi connectivity index (χ3v) is 3.43. The van der Waals surface area contributed by atoms with Gasteiger partial charge in [0.15, 0.2) is 0 Å². The summed E-state index contributed by atoms with van der Waals surface area (Å²) in [6, 6.07) is 13.7. The zero-order valence-corrected chi connectivity index (χ0v) is 13.2. The van der Waals surface area contributed by atoms with Crippen LogP contribution in [-0.2, 0) is 0 Å². The second-order valence-corrected chi connectivity index (χ2v) is 4.99. The van der Waals surface area contributed by atoms with Gasteiger partial charge in [-0.3, -0.25) is 10.0 Å². The SMILES string of the molecule is COc1ccccc1-c1ccc(C(=O)NCCN(O)C(N)=O)cc1. The number of benzene rings is 2. The van der Waals surface area contributed by atoms with Gasteiger partial charge in [0.25, 0.3) is 5.91 Å². The number of hydrogen-bond donors (Lipinski definition) is 3. The minimum atomic E-state index is -0.967. The maximum Gasteiger partial charge on any atom is 0.338 e. The Labute approximate surface area is 139 Å². The molecule has 0 spiro atoms. The van der Waals surface area contributed by atoms with E-state index in [2.05, 4.69) is 5.32 Å². The van der Waals surface area contributed by atoms with E-state index in [0.29, 0.717) is 10.6 Å². The van der Waals surface area contributed by atoms with Gasteiger partial charge in [-0.15, -0.1) is 0 Å². The Balaban J connectivity index is 2.01. The number of urea groups is 1. The molecule has 0 saturated heterocycles. The molecule has 2 aromatic rings. The van der Waals surface area contributed by atoms with Crippen molar-refractivity contribution in [1.29, 1.82) is 0 Å². The number of hydrogen-bond acceptors (Lipinski definition) is 4. The van der Waals surface area contributed by atoms with E-state index in [4.69, 9.17) is 15.7 Å². The lowest BCUT2D eigenvalue weighted by Crippen LogP contribution is -2.39. The number of para-hydroxylation sites is 1. The van der Waals surface area contributed by atoms with Crippen LogP contribution in [0.5, 0.6) is 5.75 Å².